The maximum absolute atomic E-state index is 4.92. The molecule has 5 heterocycles. The molecule has 0 aliphatic carbocycles. The average Bonchev–Trinajstić information content (AvgIpc) is 3.48. The van der Waals surface area contributed by atoms with E-state index in [0.29, 0.717) is 0 Å². The van der Waals surface area contributed by atoms with Crippen LogP contribution in [0.25, 0.3) is 25.9 Å². The van der Waals surface area contributed by atoms with E-state index in [1.165, 1.54) is 20.2 Å². The first-order valence-electron chi connectivity index (χ1n) is 9.99. The van der Waals surface area contributed by atoms with Crippen molar-refractivity contribution in [1.29, 1.82) is 0 Å². The molecular formula is C25H14N4S2. The number of nitrogens with zero attached hydrogens (tertiary/aromatic N) is 4. The molecule has 0 saturated heterocycles. The largest absolute Gasteiger partial charge is 0.232 e. The van der Waals surface area contributed by atoms with E-state index in [9.17, 15) is 0 Å². The lowest BCUT2D eigenvalue weighted by Crippen LogP contribution is -2.32. The first-order chi connectivity index (χ1) is 15.3. The van der Waals surface area contributed by atoms with Gasteiger partial charge in [-0.3, -0.25) is 0 Å². The Bertz CT molecular complexity index is 1520. The molecule has 6 heteroatoms. The zero-order chi connectivity index (χ0) is 20.4. The van der Waals surface area contributed by atoms with Crippen LogP contribution in [0.4, 0.5) is 0 Å². The third-order valence-electron chi connectivity index (χ3n) is 5.85. The molecule has 0 bridgehead atoms. The molecule has 1 unspecified atom stereocenters. The second-order valence-electron chi connectivity index (χ2n) is 7.58. The predicted octanol–water partition coefficient (Wildman–Crippen LogP) is 6.35. The number of fused-ring (bicyclic) bond motifs is 2. The molecule has 4 aromatic rings. The third-order valence-corrected chi connectivity index (χ3v) is 7.61. The number of rotatable bonds is 2. The van der Waals surface area contributed by atoms with Gasteiger partial charge in [0, 0.05) is 31.3 Å². The van der Waals surface area contributed by atoms with Gasteiger partial charge in [-0.1, -0.05) is 24.3 Å². The predicted molar refractivity (Wildman–Crippen MR) is 133 cm³/mol. The number of thiophene rings is 2. The van der Waals surface area contributed by atoms with E-state index in [2.05, 4.69) is 81.4 Å². The van der Waals surface area contributed by atoms with Gasteiger partial charge in [-0.05, 0) is 52.8 Å². The normalized spacial score (nSPS) is 19.5. The summed E-state index contributed by atoms with van der Waals surface area (Å²) in [4.78, 5) is 18.9. The van der Waals surface area contributed by atoms with E-state index in [-0.39, 0.29) is 5.92 Å². The molecule has 0 N–H and O–H groups in total. The molecule has 0 fully saturated rings. The van der Waals surface area contributed by atoms with Crippen molar-refractivity contribution in [3.63, 3.8) is 0 Å². The second-order valence-corrected chi connectivity index (χ2v) is 9.48. The van der Waals surface area contributed by atoms with Gasteiger partial charge in [0.05, 0.1) is 11.4 Å². The Labute approximate surface area is 186 Å². The summed E-state index contributed by atoms with van der Waals surface area (Å²) in [6.07, 6.45) is 5.94. The maximum Gasteiger partial charge on any atom is 0.145 e. The Kier molecular flexibility index (Phi) is 3.62. The number of hydrogen-bond donors (Lipinski definition) is 0. The molecule has 2 aromatic carbocycles. The highest BCUT2D eigenvalue weighted by atomic mass is 32.1. The Morgan fingerprint density at radius 2 is 1.45 bits per heavy atom. The van der Waals surface area contributed by atoms with Gasteiger partial charge in [0.1, 0.15) is 23.9 Å². The van der Waals surface area contributed by atoms with Crippen LogP contribution in [-0.2, 0) is 0 Å². The lowest BCUT2D eigenvalue weighted by Gasteiger charge is -2.28. The Morgan fingerprint density at radius 1 is 0.710 bits per heavy atom. The van der Waals surface area contributed by atoms with Crippen LogP contribution in [0.15, 0.2) is 97.0 Å². The van der Waals surface area contributed by atoms with Gasteiger partial charge in [0.2, 0.25) is 0 Å². The van der Waals surface area contributed by atoms with Crippen LogP contribution in [0.1, 0.15) is 11.1 Å². The van der Waals surface area contributed by atoms with Crippen LogP contribution in [0.3, 0.4) is 0 Å². The minimum atomic E-state index is -0.0964. The molecular weight excluding hydrogens is 420 g/mol. The van der Waals surface area contributed by atoms with Crippen molar-refractivity contribution in [2.75, 3.05) is 0 Å². The summed E-state index contributed by atoms with van der Waals surface area (Å²) in [5.74, 6) is 1.43. The molecule has 0 saturated carbocycles. The summed E-state index contributed by atoms with van der Waals surface area (Å²) in [5.41, 5.74) is 5.28. The van der Waals surface area contributed by atoms with Crippen LogP contribution in [0.5, 0.6) is 0 Å². The van der Waals surface area contributed by atoms with E-state index < -0.39 is 0 Å². The third kappa shape index (κ3) is 2.59. The second kappa shape index (κ2) is 6.51. The smallest absolute Gasteiger partial charge is 0.145 e. The Morgan fingerprint density at radius 3 is 2.26 bits per heavy atom. The highest BCUT2D eigenvalue weighted by Gasteiger charge is 2.34. The molecule has 0 spiro atoms. The van der Waals surface area contributed by atoms with E-state index in [1.807, 2.05) is 0 Å². The first kappa shape index (κ1) is 17.2. The summed E-state index contributed by atoms with van der Waals surface area (Å²) in [6, 6.07) is 17.1. The highest BCUT2D eigenvalue weighted by Crippen LogP contribution is 2.37. The summed E-state index contributed by atoms with van der Waals surface area (Å²) in [6.45, 7) is 0. The highest BCUT2D eigenvalue weighted by molar-refractivity contribution is 7.17. The molecule has 3 aliphatic rings. The van der Waals surface area contributed by atoms with Crippen LogP contribution >= 0.6 is 22.7 Å². The van der Waals surface area contributed by atoms with Crippen molar-refractivity contribution in [3.05, 3.63) is 88.1 Å². The van der Waals surface area contributed by atoms with Gasteiger partial charge < -0.3 is 0 Å². The SMILES string of the molecule is C1=NC2=NC(c3cccc4sccc34)=CC3=CC(c4cccc5sccc45)=NC(=N1)C32. The summed E-state index contributed by atoms with van der Waals surface area (Å²) < 4.78 is 2.53. The number of benzene rings is 2. The first-order valence-corrected chi connectivity index (χ1v) is 11.7. The zero-order valence-electron chi connectivity index (χ0n) is 16.2. The quantitative estimate of drug-likeness (QED) is 0.353. The number of allylic oxidation sites excluding steroid dienone is 2. The van der Waals surface area contributed by atoms with Crippen molar-refractivity contribution in [2.45, 2.75) is 0 Å². The van der Waals surface area contributed by atoms with Crippen molar-refractivity contribution in [2.24, 2.45) is 25.9 Å². The van der Waals surface area contributed by atoms with Crippen LogP contribution in [0, 0.1) is 5.92 Å². The minimum Gasteiger partial charge on any atom is -0.232 e. The number of hydrogen-bond acceptors (Lipinski definition) is 6. The van der Waals surface area contributed by atoms with Crippen LogP contribution in [0.2, 0.25) is 0 Å². The maximum atomic E-state index is 4.92. The Balaban J connectivity index is 1.44. The van der Waals surface area contributed by atoms with Crippen molar-refractivity contribution >= 4 is 72.3 Å². The molecule has 0 radical (unpaired) electrons. The van der Waals surface area contributed by atoms with Crippen molar-refractivity contribution in [1.82, 2.24) is 0 Å². The Hall–Kier alpha value is -3.48. The van der Waals surface area contributed by atoms with Crippen LogP contribution < -0.4 is 0 Å². The van der Waals surface area contributed by atoms with E-state index in [0.717, 1.165) is 39.8 Å². The standard InChI is InChI=1S/C25H14N4S2/c1-3-15(17-7-9-30-21(17)5-1)19-11-14-12-20(16-4-2-6-22-18(16)8-10-31-22)29-25-23(14)24(28-19)26-13-27-25/h1-13,23H. The van der Waals surface area contributed by atoms with Gasteiger partial charge in [-0.15, -0.1) is 22.7 Å². The lowest BCUT2D eigenvalue weighted by atomic mass is 9.86. The van der Waals surface area contributed by atoms with E-state index in [4.69, 9.17) is 9.98 Å². The van der Waals surface area contributed by atoms with Crippen LogP contribution in [-0.4, -0.2) is 23.7 Å². The topological polar surface area (TPSA) is 49.4 Å². The number of aliphatic imine (C=N–C) groups is 4. The molecule has 2 aromatic heterocycles. The van der Waals surface area contributed by atoms with Gasteiger partial charge in [0.25, 0.3) is 0 Å². The molecule has 7 rings (SSSR count). The molecule has 0 amide bonds. The molecule has 1 atom stereocenters. The molecule has 3 aliphatic heterocycles. The summed E-state index contributed by atoms with van der Waals surface area (Å²) >= 11 is 3.50. The summed E-state index contributed by atoms with van der Waals surface area (Å²) in [5, 5.41) is 6.71. The molecule has 146 valence electrons. The van der Waals surface area contributed by atoms with E-state index in [1.54, 1.807) is 29.0 Å². The fourth-order valence-corrected chi connectivity index (χ4v) is 6.07. The minimum absolute atomic E-state index is 0.0964. The van der Waals surface area contributed by atoms with E-state index >= 15 is 0 Å². The number of dihydropyridines is 1. The van der Waals surface area contributed by atoms with Gasteiger partial charge in [-0.2, -0.15) is 0 Å². The monoisotopic (exact) mass is 434 g/mol. The van der Waals surface area contributed by atoms with Crippen molar-refractivity contribution in [3.8, 4) is 0 Å². The fraction of sp³-hybridized carbons (Fsp3) is 0.0400. The molecule has 31 heavy (non-hydrogen) atoms. The van der Waals surface area contributed by atoms with Gasteiger partial charge >= 0.3 is 0 Å². The fourth-order valence-electron chi connectivity index (χ4n) is 4.44. The van der Waals surface area contributed by atoms with Crippen molar-refractivity contribution < 1.29 is 0 Å². The average molecular weight is 435 g/mol. The number of amidine groups is 2. The zero-order valence-corrected chi connectivity index (χ0v) is 17.8. The lowest BCUT2D eigenvalue weighted by molar-refractivity contribution is 1.04. The molecule has 4 nitrogen and oxygen atoms in total. The summed E-state index contributed by atoms with van der Waals surface area (Å²) in [7, 11) is 0. The van der Waals surface area contributed by atoms with Gasteiger partial charge in [0.15, 0.2) is 0 Å². The van der Waals surface area contributed by atoms with Gasteiger partial charge in [-0.25, -0.2) is 20.0 Å².